The van der Waals surface area contributed by atoms with Crippen molar-refractivity contribution in [1.29, 1.82) is 0 Å². The molecule has 19 heavy (non-hydrogen) atoms. The van der Waals surface area contributed by atoms with Gasteiger partial charge < -0.3 is 5.11 Å². The molecule has 0 bridgehead atoms. The number of nitrogens with zero attached hydrogens (tertiary/aromatic N) is 2. The number of rotatable bonds is 4. The summed E-state index contributed by atoms with van der Waals surface area (Å²) in [6, 6.07) is 7.97. The Balaban J connectivity index is 2.42. The van der Waals surface area contributed by atoms with Gasteiger partial charge in [0.15, 0.2) is 0 Å². The lowest BCUT2D eigenvalue weighted by Gasteiger charge is -2.04. The lowest BCUT2D eigenvalue weighted by Crippen LogP contribution is -1.99. The average molecular weight is 323 g/mol. The van der Waals surface area contributed by atoms with E-state index >= 15 is 0 Å². The largest absolute Gasteiger partial charge is 0.481 e. The first-order valence-electron chi connectivity index (χ1n) is 5.99. The molecule has 100 valence electrons. The molecule has 1 heterocycles. The highest BCUT2D eigenvalue weighted by Gasteiger charge is 2.15. The second-order valence-electron chi connectivity index (χ2n) is 4.43. The van der Waals surface area contributed by atoms with E-state index in [4.69, 9.17) is 5.11 Å². The van der Waals surface area contributed by atoms with Crippen molar-refractivity contribution in [3.8, 4) is 11.1 Å². The van der Waals surface area contributed by atoms with E-state index in [1.54, 1.807) is 4.68 Å². The smallest absolute Gasteiger partial charge is 0.303 e. The summed E-state index contributed by atoms with van der Waals surface area (Å²) in [5.74, 6) is -0.801. The Morgan fingerprint density at radius 3 is 2.58 bits per heavy atom. The molecule has 2 aromatic rings. The van der Waals surface area contributed by atoms with Gasteiger partial charge in [0.2, 0.25) is 0 Å². The molecular weight excluding hydrogens is 308 g/mol. The summed E-state index contributed by atoms with van der Waals surface area (Å²) in [6.45, 7) is 1.99. The highest BCUT2D eigenvalue weighted by Crippen LogP contribution is 2.28. The van der Waals surface area contributed by atoms with Crippen molar-refractivity contribution in [3.63, 3.8) is 0 Å². The molecule has 0 atom stereocenters. The van der Waals surface area contributed by atoms with Crippen LogP contribution in [0.25, 0.3) is 11.1 Å². The number of aromatic nitrogens is 2. The Bertz CT molecular complexity index is 603. The fourth-order valence-corrected chi connectivity index (χ4v) is 2.33. The van der Waals surface area contributed by atoms with Crippen LogP contribution in [0.2, 0.25) is 0 Å². The van der Waals surface area contributed by atoms with Crippen LogP contribution >= 0.6 is 15.9 Å². The highest BCUT2D eigenvalue weighted by atomic mass is 79.9. The predicted molar refractivity (Wildman–Crippen MR) is 77.0 cm³/mol. The zero-order chi connectivity index (χ0) is 14.0. The van der Waals surface area contributed by atoms with Gasteiger partial charge in [-0.3, -0.25) is 9.48 Å². The molecule has 4 nitrogen and oxygen atoms in total. The molecule has 0 radical (unpaired) electrons. The number of carboxylic acids is 1. The summed E-state index contributed by atoms with van der Waals surface area (Å²) in [6.07, 6.45) is 0.544. The molecule has 5 heteroatoms. The molecule has 0 spiro atoms. The molecule has 1 N–H and O–H groups in total. The van der Waals surface area contributed by atoms with Crippen LogP contribution in [0.1, 0.15) is 17.8 Å². The van der Waals surface area contributed by atoms with Crippen molar-refractivity contribution in [2.75, 3.05) is 0 Å². The van der Waals surface area contributed by atoms with E-state index in [0.717, 1.165) is 27.0 Å². The van der Waals surface area contributed by atoms with E-state index in [-0.39, 0.29) is 6.42 Å². The number of halogens is 1. The van der Waals surface area contributed by atoms with Gasteiger partial charge >= 0.3 is 5.97 Å². The van der Waals surface area contributed by atoms with Crippen molar-refractivity contribution >= 4 is 21.9 Å². The van der Waals surface area contributed by atoms with Gasteiger partial charge in [0.1, 0.15) is 0 Å². The van der Waals surface area contributed by atoms with Crippen LogP contribution in [-0.4, -0.2) is 20.9 Å². The second kappa shape index (κ2) is 5.57. The summed E-state index contributed by atoms with van der Waals surface area (Å²) in [4.78, 5) is 10.7. The molecule has 0 saturated carbocycles. The number of carbonyl (C=O) groups is 1. The lowest BCUT2D eigenvalue weighted by molar-refractivity contribution is -0.136. The molecule has 0 aliphatic carbocycles. The van der Waals surface area contributed by atoms with Gasteiger partial charge in [0.25, 0.3) is 0 Å². The van der Waals surface area contributed by atoms with E-state index in [2.05, 4.69) is 21.0 Å². The van der Waals surface area contributed by atoms with Gasteiger partial charge in [-0.25, -0.2) is 0 Å². The van der Waals surface area contributed by atoms with Crippen molar-refractivity contribution < 1.29 is 9.90 Å². The molecular formula is C14H15BrN2O2. The van der Waals surface area contributed by atoms with Crippen molar-refractivity contribution in [2.24, 2.45) is 7.05 Å². The van der Waals surface area contributed by atoms with Crippen LogP contribution in [0.3, 0.4) is 0 Å². The number of aryl methyl sites for hydroxylation is 2. The molecule has 0 amide bonds. The van der Waals surface area contributed by atoms with Crippen LogP contribution in [0.5, 0.6) is 0 Å². The number of carboxylic acid groups (broad SMARTS) is 1. The molecule has 0 aliphatic rings. The zero-order valence-electron chi connectivity index (χ0n) is 10.9. The number of hydrogen-bond acceptors (Lipinski definition) is 2. The van der Waals surface area contributed by atoms with Crippen molar-refractivity contribution in [2.45, 2.75) is 19.8 Å². The van der Waals surface area contributed by atoms with Gasteiger partial charge in [-0.2, -0.15) is 5.10 Å². The van der Waals surface area contributed by atoms with Gasteiger partial charge in [0, 0.05) is 29.2 Å². The Labute approximate surface area is 120 Å². The monoisotopic (exact) mass is 322 g/mol. The standard InChI is InChI=1S/C14H15BrN2O2/c1-9-14(10-3-5-11(15)6-4-10)12(16-17(9)2)7-8-13(18)19/h3-6H,7-8H2,1-2H3,(H,18,19). The highest BCUT2D eigenvalue weighted by molar-refractivity contribution is 9.10. The SMILES string of the molecule is Cc1c(-c2ccc(Br)cc2)c(CCC(=O)O)nn1C. The van der Waals surface area contributed by atoms with E-state index in [1.165, 1.54) is 0 Å². The molecule has 0 aliphatic heterocycles. The van der Waals surface area contributed by atoms with Crippen molar-refractivity contribution in [1.82, 2.24) is 9.78 Å². The maximum absolute atomic E-state index is 10.7. The fourth-order valence-electron chi connectivity index (χ4n) is 2.07. The summed E-state index contributed by atoms with van der Waals surface area (Å²) < 4.78 is 2.82. The van der Waals surface area contributed by atoms with E-state index in [0.29, 0.717) is 6.42 Å². The minimum atomic E-state index is -0.801. The molecule has 0 fully saturated rings. The Hall–Kier alpha value is -1.62. The summed E-state index contributed by atoms with van der Waals surface area (Å²) in [7, 11) is 1.88. The minimum absolute atomic E-state index is 0.0972. The van der Waals surface area contributed by atoms with Gasteiger partial charge in [-0.1, -0.05) is 28.1 Å². The average Bonchev–Trinajstić information content (AvgIpc) is 2.64. The summed E-state index contributed by atoms with van der Waals surface area (Å²) in [5, 5.41) is 13.2. The first kappa shape index (κ1) is 13.8. The number of aliphatic carboxylic acids is 1. The third kappa shape index (κ3) is 3.04. The summed E-state index contributed by atoms with van der Waals surface area (Å²) >= 11 is 3.41. The van der Waals surface area contributed by atoms with Gasteiger partial charge in [-0.15, -0.1) is 0 Å². The van der Waals surface area contributed by atoms with Gasteiger partial charge in [0.05, 0.1) is 12.1 Å². The topological polar surface area (TPSA) is 55.1 Å². The lowest BCUT2D eigenvalue weighted by atomic mass is 10.0. The Kier molecular flexibility index (Phi) is 4.04. The third-order valence-corrected chi connectivity index (χ3v) is 3.64. The normalized spacial score (nSPS) is 10.7. The van der Waals surface area contributed by atoms with E-state index < -0.39 is 5.97 Å². The number of benzene rings is 1. The Morgan fingerprint density at radius 2 is 2.00 bits per heavy atom. The quantitative estimate of drug-likeness (QED) is 0.940. The second-order valence-corrected chi connectivity index (χ2v) is 5.35. The number of hydrogen-bond donors (Lipinski definition) is 1. The molecule has 1 aromatic heterocycles. The minimum Gasteiger partial charge on any atom is -0.481 e. The van der Waals surface area contributed by atoms with Crippen LogP contribution < -0.4 is 0 Å². The van der Waals surface area contributed by atoms with Crippen LogP contribution in [0.4, 0.5) is 0 Å². The zero-order valence-corrected chi connectivity index (χ0v) is 12.4. The molecule has 1 aromatic carbocycles. The predicted octanol–water partition coefficient (Wildman–Crippen LogP) is 3.18. The molecule has 0 unspecified atom stereocenters. The van der Waals surface area contributed by atoms with E-state index in [1.807, 2.05) is 38.2 Å². The Morgan fingerprint density at radius 1 is 1.37 bits per heavy atom. The maximum Gasteiger partial charge on any atom is 0.303 e. The van der Waals surface area contributed by atoms with Crippen LogP contribution in [-0.2, 0) is 18.3 Å². The van der Waals surface area contributed by atoms with E-state index in [9.17, 15) is 4.79 Å². The fraction of sp³-hybridized carbons (Fsp3) is 0.286. The first-order valence-corrected chi connectivity index (χ1v) is 6.78. The van der Waals surface area contributed by atoms with Crippen LogP contribution in [0.15, 0.2) is 28.7 Å². The first-order chi connectivity index (χ1) is 8.99. The molecule has 0 saturated heterocycles. The summed E-state index contributed by atoms with van der Waals surface area (Å²) in [5.41, 5.74) is 3.98. The molecule has 2 rings (SSSR count). The third-order valence-electron chi connectivity index (χ3n) is 3.12. The maximum atomic E-state index is 10.7. The van der Waals surface area contributed by atoms with Crippen molar-refractivity contribution in [3.05, 3.63) is 40.1 Å². The van der Waals surface area contributed by atoms with Crippen LogP contribution in [0, 0.1) is 6.92 Å². The van der Waals surface area contributed by atoms with Gasteiger partial charge in [-0.05, 0) is 24.6 Å².